The van der Waals surface area contributed by atoms with E-state index in [1.54, 1.807) is 0 Å². The van der Waals surface area contributed by atoms with Crippen molar-refractivity contribution < 1.29 is 25.8 Å². The first kappa shape index (κ1) is 21.4. The number of rotatable bonds is 2. The molecule has 0 saturated carbocycles. The molecule has 0 saturated heterocycles. The molecule has 2 aromatic rings. The number of alkyl halides is 3. The highest BCUT2D eigenvalue weighted by molar-refractivity contribution is 7.88. The molecule has 0 aliphatic carbocycles. The molecule has 25 heavy (non-hydrogen) atoms. The van der Waals surface area contributed by atoms with Gasteiger partial charge in [-0.25, -0.2) is 0 Å². The molecule has 0 amide bonds. The zero-order chi connectivity index (χ0) is 19.3. The van der Waals surface area contributed by atoms with Gasteiger partial charge in [-0.1, -0.05) is 51.1 Å². The van der Waals surface area contributed by atoms with Crippen LogP contribution in [0.15, 0.2) is 59.5 Å². The summed E-state index contributed by atoms with van der Waals surface area (Å²) in [6, 6.07) is 15.4. The minimum absolute atomic E-state index is 0.179. The number of hydrogen-bond donors (Lipinski definition) is 0. The maximum Gasteiger partial charge on any atom is 0.534 e. The lowest BCUT2D eigenvalue weighted by Crippen LogP contribution is -2.28. The van der Waals surface area contributed by atoms with Crippen LogP contribution in [0, 0.1) is 0 Å². The van der Waals surface area contributed by atoms with Crippen molar-refractivity contribution in [3.63, 3.8) is 0 Å². The lowest BCUT2D eigenvalue weighted by Gasteiger charge is -2.19. The van der Waals surface area contributed by atoms with Gasteiger partial charge in [-0.2, -0.15) is 21.6 Å². The van der Waals surface area contributed by atoms with Gasteiger partial charge >= 0.3 is 15.6 Å². The topological polar surface area (TPSA) is 43.4 Å². The summed E-state index contributed by atoms with van der Waals surface area (Å²) in [4.78, 5) is 1.13. The molecule has 0 aliphatic rings. The first-order chi connectivity index (χ1) is 11.3. The fraction of sp³-hybridized carbons (Fsp3) is 0.294. The van der Waals surface area contributed by atoms with E-state index in [0.29, 0.717) is 0 Å². The second kappa shape index (κ2) is 8.14. The van der Waals surface area contributed by atoms with E-state index < -0.39 is 15.6 Å². The number of benzene rings is 2. The van der Waals surface area contributed by atoms with Gasteiger partial charge in [0.15, 0.2) is 0 Å². The first-order valence-electron chi connectivity index (χ1n) is 7.21. The van der Waals surface area contributed by atoms with Crippen molar-refractivity contribution in [1.29, 1.82) is 0 Å². The Morgan fingerprint density at radius 1 is 0.880 bits per heavy atom. The van der Waals surface area contributed by atoms with Gasteiger partial charge in [-0.3, -0.25) is 0 Å². The molecule has 0 radical (unpaired) electrons. The van der Waals surface area contributed by atoms with Gasteiger partial charge in [0.1, 0.15) is 10.6 Å². The first-order valence-corrected chi connectivity index (χ1v) is 9.12. The van der Waals surface area contributed by atoms with E-state index in [9.17, 15) is 21.6 Å². The molecule has 0 aliphatic heterocycles. The Morgan fingerprint density at radius 3 is 1.68 bits per heavy atom. The second-order valence-electron chi connectivity index (χ2n) is 6.12. The Morgan fingerprint density at radius 2 is 1.36 bits per heavy atom. The van der Waals surface area contributed by atoms with E-state index in [-0.39, 0.29) is 11.2 Å². The molecular weight excluding hydrogens is 373 g/mol. The third kappa shape index (κ3) is 6.99. The van der Waals surface area contributed by atoms with E-state index in [4.69, 9.17) is 0 Å². The predicted molar refractivity (Wildman–Crippen MR) is 95.6 cm³/mol. The van der Waals surface area contributed by atoms with Crippen LogP contribution in [0.4, 0.5) is 13.2 Å². The molecule has 0 aromatic heterocycles. The molecule has 0 bridgehead atoms. The standard InChI is InChI=1S/C11H13F3O3S.C6H6S/c1-10(2,3)8-4-6-9(7-5-8)17-18(15,16)11(12,13)14;7-6-4-2-1-3-5-6/h4-7H,1-3H3;1-5,7H/p+1. The number of halogens is 3. The van der Waals surface area contributed by atoms with Crippen LogP contribution in [-0.4, -0.2) is 13.9 Å². The Balaban J connectivity index is 0.000000370. The van der Waals surface area contributed by atoms with Gasteiger partial charge in [0.2, 0.25) is 0 Å². The van der Waals surface area contributed by atoms with Crippen LogP contribution in [0.1, 0.15) is 26.3 Å². The Labute approximate surface area is 151 Å². The summed E-state index contributed by atoms with van der Waals surface area (Å²) in [5.74, 6) is -0.361. The SMILES string of the molecule is CC(C)(C)c1ccc(OS(=O)(=O)C(F)(F)F)cc1.[SH2+]c1ccccc1. The lowest BCUT2D eigenvalue weighted by atomic mass is 9.87. The third-order valence-corrected chi connectivity index (χ3v) is 4.30. The molecule has 2 rings (SSSR count). The average Bonchev–Trinajstić information content (AvgIpc) is 2.46. The monoisotopic (exact) mass is 393 g/mol. The maximum absolute atomic E-state index is 12.1. The van der Waals surface area contributed by atoms with Gasteiger partial charge in [0.05, 0.1) is 0 Å². The molecule has 0 atom stereocenters. The zero-order valence-corrected chi connectivity index (χ0v) is 15.8. The summed E-state index contributed by atoms with van der Waals surface area (Å²) in [5.41, 5.74) is -4.74. The second-order valence-corrected chi connectivity index (χ2v) is 8.24. The highest BCUT2D eigenvalue weighted by Crippen LogP contribution is 2.29. The van der Waals surface area contributed by atoms with Crippen LogP contribution in [0.2, 0.25) is 0 Å². The van der Waals surface area contributed by atoms with E-state index >= 15 is 0 Å². The largest absolute Gasteiger partial charge is 0.534 e. The van der Waals surface area contributed by atoms with E-state index in [1.165, 1.54) is 24.3 Å². The van der Waals surface area contributed by atoms with Crippen molar-refractivity contribution in [3.05, 3.63) is 60.2 Å². The Hall–Kier alpha value is -1.67. The maximum atomic E-state index is 12.1. The lowest BCUT2D eigenvalue weighted by molar-refractivity contribution is -0.0500. The van der Waals surface area contributed by atoms with Crippen molar-refractivity contribution in [2.75, 3.05) is 0 Å². The van der Waals surface area contributed by atoms with E-state index in [1.807, 2.05) is 51.1 Å². The average molecular weight is 393 g/mol. The summed E-state index contributed by atoms with van der Waals surface area (Å²) in [7, 11) is -5.60. The van der Waals surface area contributed by atoms with Crippen LogP contribution < -0.4 is 4.18 Å². The molecule has 3 nitrogen and oxygen atoms in total. The minimum atomic E-state index is -5.60. The smallest absolute Gasteiger partial charge is 0.376 e. The minimum Gasteiger partial charge on any atom is -0.376 e. The molecule has 0 unspecified atom stereocenters. The summed E-state index contributed by atoms with van der Waals surface area (Å²) >= 11 is 3.36. The van der Waals surface area contributed by atoms with Gasteiger partial charge in [0.25, 0.3) is 0 Å². The summed E-state index contributed by atoms with van der Waals surface area (Å²) in [6.07, 6.45) is 0. The van der Waals surface area contributed by atoms with Crippen LogP contribution in [0.5, 0.6) is 5.75 Å². The Bertz CT molecular complexity index is 764. The fourth-order valence-corrected chi connectivity index (χ4v) is 2.27. The molecule has 138 valence electrons. The summed E-state index contributed by atoms with van der Waals surface area (Å²) < 4.78 is 61.7. The van der Waals surface area contributed by atoms with Crippen molar-refractivity contribution in [3.8, 4) is 5.75 Å². The van der Waals surface area contributed by atoms with Gasteiger partial charge in [-0.05, 0) is 47.9 Å². The predicted octanol–water partition coefficient (Wildman–Crippen LogP) is 4.27. The van der Waals surface area contributed by atoms with E-state index in [0.717, 1.165) is 10.5 Å². The van der Waals surface area contributed by atoms with Gasteiger partial charge < -0.3 is 4.18 Å². The molecule has 0 N–H and O–H groups in total. The van der Waals surface area contributed by atoms with Gasteiger partial charge in [-0.15, -0.1) is 0 Å². The van der Waals surface area contributed by atoms with Crippen molar-refractivity contribution in [1.82, 2.24) is 0 Å². The summed E-state index contributed by atoms with van der Waals surface area (Å²) in [6.45, 7) is 5.78. The van der Waals surface area contributed by atoms with Crippen molar-refractivity contribution in [2.45, 2.75) is 36.6 Å². The normalized spacial score (nSPS) is 12.1. The van der Waals surface area contributed by atoms with Crippen molar-refractivity contribution in [2.24, 2.45) is 0 Å². The Kier molecular flexibility index (Phi) is 6.96. The van der Waals surface area contributed by atoms with Crippen LogP contribution in [-0.2, 0) is 28.2 Å². The third-order valence-electron chi connectivity index (χ3n) is 2.98. The fourth-order valence-electron chi connectivity index (χ4n) is 1.62. The quantitative estimate of drug-likeness (QED) is 0.435. The zero-order valence-electron chi connectivity index (χ0n) is 14.0. The van der Waals surface area contributed by atoms with Crippen molar-refractivity contribution >= 4 is 22.7 Å². The highest BCUT2D eigenvalue weighted by atomic mass is 32.2. The molecule has 0 spiro atoms. The van der Waals surface area contributed by atoms with Gasteiger partial charge in [0, 0.05) is 0 Å². The summed E-state index contributed by atoms with van der Waals surface area (Å²) in [5, 5.41) is 0. The number of hydrogen-bond acceptors (Lipinski definition) is 3. The van der Waals surface area contributed by atoms with E-state index in [2.05, 4.69) is 16.8 Å². The highest BCUT2D eigenvalue weighted by Gasteiger charge is 2.48. The molecule has 0 fully saturated rings. The van der Waals surface area contributed by atoms with Crippen LogP contribution in [0.25, 0.3) is 0 Å². The van der Waals surface area contributed by atoms with Crippen LogP contribution in [0.3, 0.4) is 0 Å². The molecule has 8 heteroatoms. The molecule has 0 heterocycles. The van der Waals surface area contributed by atoms with Crippen LogP contribution >= 0.6 is 0 Å². The molecular formula is C17H20F3O3S2+. The molecule has 2 aromatic carbocycles.